The standard InChI is InChI=1S/C19H24FN3O3/c1-2-3-10-19(14-6-8-15(20)9-7-14)17(25)23(18(26)21-19)13-16(24)22-11-4-5-12-22/h6-9H,2-5,10-13H2,1H3,(H,21,26). The van der Waals surface area contributed by atoms with Gasteiger partial charge in [-0.05, 0) is 37.0 Å². The van der Waals surface area contributed by atoms with E-state index in [9.17, 15) is 18.8 Å². The molecule has 0 bridgehead atoms. The molecule has 2 aliphatic rings. The van der Waals surface area contributed by atoms with Crippen LogP contribution in [0.25, 0.3) is 0 Å². The van der Waals surface area contributed by atoms with Crippen molar-refractivity contribution in [2.75, 3.05) is 19.6 Å². The summed E-state index contributed by atoms with van der Waals surface area (Å²) in [6.07, 6.45) is 3.87. The Balaban J connectivity index is 1.86. The molecule has 7 heteroatoms. The SMILES string of the molecule is CCCCC1(c2ccc(F)cc2)NC(=O)N(CC(=O)N2CCCC2)C1=O. The van der Waals surface area contributed by atoms with Crippen LogP contribution in [0.1, 0.15) is 44.6 Å². The van der Waals surface area contributed by atoms with E-state index >= 15 is 0 Å². The molecular weight excluding hydrogens is 337 g/mol. The van der Waals surface area contributed by atoms with Crippen LogP contribution in [0.15, 0.2) is 24.3 Å². The second-order valence-corrected chi connectivity index (χ2v) is 6.93. The van der Waals surface area contributed by atoms with Gasteiger partial charge in [-0.15, -0.1) is 0 Å². The molecule has 4 amide bonds. The Labute approximate surface area is 152 Å². The van der Waals surface area contributed by atoms with Crippen molar-refractivity contribution in [1.82, 2.24) is 15.1 Å². The smallest absolute Gasteiger partial charge is 0.325 e. The van der Waals surface area contributed by atoms with E-state index in [4.69, 9.17) is 0 Å². The average molecular weight is 361 g/mol. The molecule has 2 fully saturated rings. The van der Waals surface area contributed by atoms with Gasteiger partial charge < -0.3 is 10.2 Å². The quantitative estimate of drug-likeness (QED) is 0.791. The molecule has 1 aromatic rings. The molecule has 26 heavy (non-hydrogen) atoms. The maximum absolute atomic E-state index is 13.3. The Morgan fingerprint density at radius 3 is 2.46 bits per heavy atom. The minimum absolute atomic E-state index is 0.212. The van der Waals surface area contributed by atoms with Gasteiger partial charge in [-0.1, -0.05) is 31.9 Å². The minimum atomic E-state index is -1.23. The highest BCUT2D eigenvalue weighted by Gasteiger charge is 2.52. The van der Waals surface area contributed by atoms with Gasteiger partial charge in [0.2, 0.25) is 5.91 Å². The van der Waals surface area contributed by atoms with Gasteiger partial charge in [-0.2, -0.15) is 0 Å². The lowest BCUT2D eigenvalue weighted by Gasteiger charge is -2.27. The van der Waals surface area contributed by atoms with E-state index in [0.29, 0.717) is 25.1 Å². The highest BCUT2D eigenvalue weighted by Crippen LogP contribution is 2.34. The molecule has 2 heterocycles. The number of hydrogen-bond donors (Lipinski definition) is 1. The highest BCUT2D eigenvalue weighted by atomic mass is 19.1. The third kappa shape index (κ3) is 3.30. The molecular formula is C19H24FN3O3. The predicted molar refractivity (Wildman–Crippen MR) is 93.7 cm³/mol. The third-order valence-electron chi connectivity index (χ3n) is 5.17. The number of carbonyl (C=O) groups excluding carboxylic acids is 3. The summed E-state index contributed by atoms with van der Waals surface area (Å²) in [7, 11) is 0. The second-order valence-electron chi connectivity index (χ2n) is 6.93. The van der Waals surface area contributed by atoms with E-state index < -0.39 is 23.3 Å². The van der Waals surface area contributed by atoms with Crippen LogP contribution in [0, 0.1) is 5.82 Å². The van der Waals surface area contributed by atoms with Crippen molar-refractivity contribution in [3.8, 4) is 0 Å². The minimum Gasteiger partial charge on any atom is -0.341 e. The van der Waals surface area contributed by atoms with Crippen molar-refractivity contribution in [2.24, 2.45) is 0 Å². The van der Waals surface area contributed by atoms with Crippen molar-refractivity contribution in [2.45, 2.75) is 44.6 Å². The molecule has 2 aliphatic heterocycles. The fourth-order valence-corrected chi connectivity index (χ4v) is 3.66. The van der Waals surface area contributed by atoms with Gasteiger partial charge in [0.15, 0.2) is 0 Å². The summed E-state index contributed by atoms with van der Waals surface area (Å²) < 4.78 is 13.3. The Bertz CT molecular complexity index is 700. The molecule has 1 N–H and O–H groups in total. The number of rotatable bonds is 6. The third-order valence-corrected chi connectivity index (χ3v) is 5.17. The number of imide groups is 1. The maximum Gasteiger partial charge on any atom is 0.325 e. The Morgan fingerprint density at radius 2 is 1.85 bits per heavy atom. The Morgan fingerprint density at radius 1 is 1.19 bits per heavy atom. The lowest BCUT2D eigenvalue weighted by Crippen LogP contribution is -2.45. The van der Waals surface area contributed by atoms with Crippen molar-refractivity contribution in [3.63, 3.8) is 0 Å². The largest absolute Gasteiger partial charge is 0.341 e. The first-order valence-electron chi connectivity index (χ1n) is 9.16. The zero-order valence-electron chi connectivity index (χ0n) is 15.0. The number of benzene rings is 1. The van der Waals surface area contributed by atoms with Gasteiger partial charge in [0.1, 0.15) is 17.9 Å². The van der Waals surface area contributed by atoms with Crippen LogP contribution in [-0.4, -0.2) is 47.3 Å². The lowest BCUT2D eigenvalue weighted by atomic mass is 9.85. The summed E-state index contributed by atoms with van der Waals surface area (Å²) in [5, 5.41) is 2.78. The summed E-state index contributed by atoms with van der Waals surface area (Å²) in [5.41, 5.74) is -0.687. The first-order valence-corrected chi connectivity index (χ1v) is 9.16. The Hall–Kier alpha value is -2.44. The molecule has 1 aromatic carbocycles. The van der Waals surface area contributed by atoms with Crippen LogP contribution >= 0.6 is 0 Å². The molecule has 3 rings (SSSR count). The number of urea groups is 1. The number of nitrogens with zero attached hydrogens (tertiary/aromatic N) is 2. The van der Waals surface area contributed by atoms with Gasteiger partial charge in [-0.25, -0.2) is 9.18 Å². The molecule has 0 radical (unpaired) electrons. The predicted octanol–water partition coefficient (Wildman–Crippen LogP) is 2.39. The molecule has 1 unspecified atom stereocenters. The fourth-order valence-electron chi connectivity index (χ4n) is 3.66. The topological polar surface area (TPSA) is 69.7 Å². The average Bonchev–Trinajstić information content (AvgIpc) is 3.24. The van der Waals surface area contributed by atoms with Gasteiger partial charge in [0.25, 0.3) is 5.91 Å². The summed E-state index contributed by atoms with van der Waals surface area (Å²) in [6, 6.07) is 5.04. The first kappa shape index (κ1) is 18.4. The number of halogens is 1. The summed E-state index contributed by atoms with van der Waals surface area (Å²) in [6.45, 7) is 3.08. The van der Waals surface area contributed by atoms with E-state index in [-0.39, 0.29) is 12.5 Å². The van der Waals surface area contributed by atoms with Crippen LogP contribution in [0.3, 0.4) is 0 Å². The van der Waals surface area contributed by atoms with E-state index in [1.54, 1.807) is 4.90 Å². The normalized spacial score (nSPS) is 22.8. The second kappa shape index (κ2) is 7.43. The van der Waals surface area contributed by atoms with Crippen molar-refractivity contribution in [1.29, 1.82) is 0 Å². The molecule has 1 atom stereocenters. The van der Waals surface area contributed by atoms with E-state index in [2.05, 4.69) is 5.32 Å². The summed E-state index contributed by atoms with van der Waals surface area (Å²) in [5.74, 6) is -1.05. The number of nitrogens with one attached hydrogen (secondary N) is 1. The molecule has 0 aromatic heterocycles. The van der Waals surface area contributed by atoms with Gasteiger partial charge in [0, 0.05) is 13.1 Å². The zero-order chi connectivity index (χ0) is 18.7. The molecule has 140 valence electrons. The zero-order valence-corrected chi connectivity index (χ0v) is 15.0. The number of hydrogen-bond acceptors (Lipinski definition) is 3. The molecule has 6 nitrogen and oxygen atoms in total. The van der Waals surface area contributed by atoms with Crippen molar-refractivity contribution >= 4 is 17.8 Å². The molecule has 0 saturated carbocycles. The van der Waals surface area contributed by atoms with E-state index in [0.717, 1.165) is 30.6 Å². The van der Waals surface area contributed by atoms with Crippen LogP contribution in [0.2, 0.25) is 0 Å². The van der Waals surface area contributed by atoms with Crippen LogP contribution in [0.4, 0.5) is 9.18 Å². The van der Waals surface area contributed by atoms with Gasteiger partial charge >= 0.3 is 6.03 Å². The molecule has 0 spiro atoms. The number of amides is 4. The summed E-state index contributed by atoms with van der Waals surface area (Å²) >= 11 is 0. The van der Waals surface area contributed by atoms with E-state index in [1.165, 1.54) is 24.3 Å². The van der Waals surface area contributed by atoms with Crippen LogP contribution in [-0.2, 0) is 15.1 Å². The van der Waals surface area contributed by atoms with Crippen molar-refractivity contribution < 1.29 is 18.8 Å². The van der Waals surface area contributed by atoms with Gasteiger partial charge in [0.05, 0.1) is 0 Å². The number of likely N-dealkylation sites (tertiary alicyclic amines) is 1. The fraction of sp³-hybridized carbons (Fsp3) is 0.526. The lowest BCUT2D eigenvalue weighted by molar-refractivity contribution is -0.138. The monoisotopic (exact) mass is 361 g/mol. The van der Waals surface area contributed by atoms with E-state index in [1.807, 2.05) is 6.92 Å². The summed E-state index contributed by atoms with van der Waals surface area (Å²) in [4.78, 5) is 40.7. The highest BCUT2D eigenvalue weighted by molar-refractivity contribution is 6.09. The van der Waals surface area contributed by atoms with Gasteiger partial charge in [-0.3, -0.25) is 14.5 Å². The number of unbranched alkanes of at least 4 members (excludes halogenated alkanes) is 1. The first-order chi connectivity index (χ1) is 12.5. The van der Waals surface area contributed by atoms with Crippen molar-refractivity contribution in [3.05, 3.63) is 35.6 Å². The molecule has 2 saturated heterocycles. The molecule has 0 aliphatic carbocycles. The maximum atomic E-state index is 13.3. The number of carbonyl (C=O) groups is 3. The Kier molecular flexibility index (Phi) is 5.25. The van der Waals surface area contributed by atoms with Crippen LogP contribution < -0.4 is 5.32 Å². The van der Waals surface area contributed by atoms with Crippen LogP contribution in [0.5, 0.6) is 0 Å².